The highest BCUT2D eigenvalue weighted by atomic mass is 16.8. The van der Waals surface area contributed by atoms with Crippen LogP contribution in [0, 0.1) is 12.1 Å². The van der Waals surface area contributed by atoms with Crippen molar-refractivity contribution in [1.82, 2.24) is 9.38 Å². The van der Waals surface area contributed by atoms with Gasteiger partial charge in [-0.2, -0.15) is 5.23 Å². The molecule has 1 unspecified atom stereocenters. The lowest BCUT2D eigenvalue weighted by Gasteiger charge is -2.11. The van der Waals surface area contributed by atoms with Crippen LogP contribution in [-0.4, -0.2) is 14.6 Å². The molecule has 96 valence electrons. The number of aromatic nitrogens is 2. The third kappa shape index (κ3) is 2.22. The molecule has 19 heavy (non-hydrogen) atoms. The third-order valence-corrected chi connectivity index (χ3v) is 3.00. The quantitative estimate of drug-likeness (QED) is 0.685. The molecule has 2 N–H and O–H groups in total. The number of hydrogen-bond donors (Lipinski definition) is 2. The van der Waals surface area contributed by atoms with E-state index in [1.165, 1.54) is 0 Å². The first-order valence-electron chi connectivity index (χ1n) is 5.92. The van der Waals surface area contributed by atoms with Crippen LogP contribution in [0.25, 0.3) is 16.9 Å². The largest absolute Gasteiger partial charge is 0.595 e. The van der Waals surface area contributed by atoms with Gasteiger partial charge in [-0.15, -0.1) is 0 Å². The SMILES string of the molecule is Cc1ccc2nc(-c3cccc([NH+]([O-])O)c3)cn2c1. The lowest BCUT2D eigenvalue weighted by atomic mass is 10.1. The molecule has 0 saturated carbocycles. The van der Waals surface area contributed by atoms with Crippen molar-refractivity contribution in [2.24, 2.45) is 0 Å². The Hall–Kier alpha value is -2.21. The van der Waals surface area contributed by atoms with Crippen molar-refractivity contribution in [3.05, 3.63) is 59.6 Å². The maximum absolute atomic E-state index is 11.0. The fourth-order valence-corrected chi connectivity index (χ4v) is 2.05. The highest BCUT2D eigenvalue weighted by Gasteiger charge is 2.07. The molecule has 3 aromatic rings. The van der Waals surface area contributed by atoms with E-state index in [1.54, 1.807) is 18.2 Å². The average Bonchev–Trinajstić information content (AvgIpc) is 2.81. The second kappa shape index (κ2) is 4.47. The van der Waals surface area contributed by atoms with Gasteiger partial charge in [-0.25, -0.2) is 10.2 Å². The molecule has 1 aromatic carbocycles. The number of nitrogens with one attached hydrogen (secondary N) is 1. The summed E-state index contributed by atoms with van der Waals surface area (Å²) in [5, 5.41) is 19.1. The summed E-state index contributed by atoms with van der Waals surface area (Å²) in [5.41, 5.74) is 3.85. The molecule has 0 aliphatic carbocycles. The van der Waals surface area contributed by atoms with Crippen molar-refractivity contribution in [3.63, 3.8) is 0 Å². The zero-order valence-corrected chi connectivity index (χ0v) is 10.4. The molecule has 0 radical (unpaired) electrons. The van der Waals surface area contributed by atoms with Crippen LogP contribution in [0.5, 0.6) is 0 Å². The number of nitrogens with zero attached hydrogens (tertiary/aromatic N) is 2. The standard InChI is InChI=1S/C14H13N3O2/c1-10-5-6-14-15-13(9-16(14)8-10)11-3-2-4-12(7-11)17(18)19/h2-9,17-18H,1H3. The van der Waals surface area contributed by atoms with Gasteiger partial charge in [-0.3, -0.25) is 0 Å². The summed E-state index contributed by atoms with van der Waals surface area (Å²) < 4.78 is 1.94. The van der Waals surface area contributed by atoms with Crippen LogP contribution in [0.4, 0.5) is 5.69 Å². The van der Waals surface area contributed by atoms with Gasteiger partial charge < -0.3 is 9.61 Å². The third-order valence-electron chi connectivity index (χ3n) is 3.00. The van der Waals surface area contributed by atoms with Gasteiger partial charge in [0.15, 0.2) is 5.69 Å². The lowest BCUT2D eigenvalue weighted by Crippen LogP contribution is -2.99. The Kier molecular flexibility index (Phi) is 2.79. The number of fused-ring (bicyclic) bond motifs is 1. The number of imidazole rings is 1. The lowest BCUT2D eigenvalue weighted by molar-refractivity contribution is -0.991. The second-order valence-electron chi connectivity index (χ2n) is 4.48. The van der Waals surface area contributed by atoms with E-state index in [0.717, 1.165) is 22.5 Å². The molecule has 5 heteroatoms. The van der Waals surface area contributed by atoms with Gasteiger partial charge in [-0.05, 0) is 18.6 Å². The van der Waals surface area contributed by atoms with E-state index in [-0.39, 0.29) is 5.69 Å². The van der Waals surface area contributed by atoms with Gasteiger partial charge in [0.05, 0.1) is 5.69 Å². The van der Waals surface area contributed by atoms with Gasteiger partial charge in [-0.1, -0.05) is 18.2 Å². The smallest absolute Gasteiger partial charge is 0.164 e. The first-order chi connectivity index (χ1) is 9.13. The van der Waals surface area contributed by atoms with Crippen LogP contribution in [0.15, 0.2) is 48.8 Å². The van der Waals surface area contributed by atoms with E-state index in [2.05, 4.69) is 4.98 Å². The zero-order valence-electron chi connectivity index (χ0n) is 10.4. The van der Waals surface area contributed by atoms with Crippen LogP contribution < -0.4 is 5.23 Å². The van der Waals surface area contributed by atoms with Crippen molar-refractivity contribution in [2.75, 3.05) is 0 Å². The molecule has 1 atom stereocenters. The molecule has 5 nitrogen and oxygen atoms in total. The van der Waals surface area contributed by atoms with Crippen LogP contribution in [0.1, 0.15) is 5.56 Å². The summed E-state index contributed by atoms with van der Waals surface area (Å²) in [5.74, 6) is 0. The first-order valence-corrected chi connectivity index (χ1v) is 5.92. The fraction of sp³-hybridized carbons (Fsp3) is 0.0714. The van der Waals surface area contributed by atoms with Crippen molar-refractivity contribution < 1.29 is 10.4 Å². The van der Waals surface area contributed by atoms with E-state index in [0.29, 0.717) is 0 Å². The molecule has 0 aliphatic heterocycles. The predicted octanol–water partition coefficient (Wildman–Crippen LogP) is 1.71. The molecule has 0 amide bonds. The van der Waals surface area contributed by atoms with Crippen molar-refractivity contribution in [2.45, 2.75) is 6.92 Å². The Morgan fingerprint density at radius 2 is 2.05 bits per heavy atom. The molecule has 0 saturated heterocycles. The Balaban J connectivity index is 2.11. The van der Waals surface area contributed by atoms with Crippen molar-refractivity contribution >= 4 is 11.3 Å². The summed E-state index contributed by atoms with van der Waals surface area (Å²) >= 11 is 0. The van der Waals surface area contributed by atoms with Gasteiger partial charge in [0.1, 0.15) is 5.65 Å². The van der Waals surface area contributed by atoms with Crippen LogP contribution >= 0.6 is 0 Å². The molecule has 0 fully saturated rings. The highest BCUT2D eigenvalue weighted by molar-refractivity contribution is 5.65. The number of rotatable bonds is 2. The summed E-state index contributed by atoms with van der Waals surface area (Å²) in [6, 6.07) is 10.7. The minimum atomic E-state index is -0.929. The molecule has 2 heterocycles. The Morgan fingerprint density at radius 3 is 2.84 bits per heavy atom. The number of aryl methyl sites for hydroxylation is 1. The minimum Gasteiger partial charge on any atom is -0.595 e. The average molecular weight is 255 g/mol. The topological polar surface area (TPSA) is 65.0 Å². The Morgan fingerprint density at radius 1 is 1.21 bits per heavy atom. The summed E-state index contributed by atoms with van der Waals surface area (Å²) in [4.78, 5) is 4.49. The number of benzene rings is 1. The minimum absolute atomic E-state index is 0.269. The fourth-order valence-electron chi connectivity index (χ4n) is 2.05. The van der Waals surface area contributed by atoms with E-state index >= 15 is 0 Å². The van der Waals surface area contributed by atoms with E-state index in [1.807, 2.05) is 41.9 Å². The highest BCUT2D eigenvalue weighted by Crippen LogP contribution is 2.21. The molecular formula is C14H13N3O2. The van der Waals surface area contributed by atoms with E-state index < -0.39 is 5.23 Å². The van der Waals surface area contributed by atoms with E-state index in [9.17, 15) is 5.21 Å². The van der Waals surface area contributed by atoms with Crippen molar-refractivity contribution in [3.8, 4) is 11.3 Å². The second-order valence-corrected chi connectivity index (χ2v) is 4.48. The maximum Gasteiger partial charge on any atom is 0.164 e. The molecule has 2 aromatic heterocycles. The van der Waals surface area contributed by atoms with Crippen LogP contribution in [0.3, 0.4) is 0 Å². The maximum atomic E-state index is 11.0. The first kappa shape index (κ1) is 11.9. The normalized spacial score (nSPS) is 12.8. The monoisotopic (exact) mass is 255 g/mol. The van der Waals surface area contributed by atoms with Gasteiger partial charge in [0.25, 0.3) is 0 Å². The molecular weight excluding hydrogens is 242 g/mol. The summed E-state index contributed by atoms with van der Waals surface area (Å²) in [6.07, 6.45) is 3.90. The van der Waals surface area contributed by atoms with Gasteiger partial charge in [0.2, 0.25) is 0 Å². The number of quaternary nitrogens is 1. The summed E-state index contributed by atoms with van der Waals surface area (Å²) in [6.45, 7) is 2.02. The number of pyridine rings is 1. The molecule has 0 bridgehead atoms. The van der Waals surface area contributed by atoms with Crippen LogP contribution in [0.2, 0.25) is 0 Å². The van der Waals surface area contributed by atoms with E-state index in [4.69, 9.17) is 5.21 Å². The Bertz CT molecular complexity index is 734. The van der Waals surface area contributed by atoms with Crippen molar-refractivity contribution in [1.29, 1.82) is 0 Å². The Labute approximate surface area is 109 Å². The molecule has 3 rings (SSSR count). The number of hydrogen-bond acceptors (Lipinski definition) is 3. The summed E-state index contributed by atoms with van der Waals surface area (Å²) in [7, 11) is 0. The molecule has 0 aliphatic rings. The van der Waals surface area contributed by atoms with Crippen LogP contribution in [-0.2, 0) is 0 Å². The van der Waals surface area contributed by atoms with Gasteiger partial charge in [0, 0.05) is 30.1 Å². The molecule has 0 spiro atoms. The van der Waals surface area contributed by atoms with Gasteiger partial charge >= 0.3 is 0 Å². The zero-order chi connectivity index (χ0) is 13.4. The predicted molar refractivity (Wildman–Crippen MR) is 71.1 cm³/mol.